The summed E-state index contributed by atoms with van der Waals surface area (Å²) in [7, 11) is 1.58. The first-order valence-electron chi connectivity index (χ1n) is 4.70. The lowest BCUT2D eigenvalue weighted by atomic mass is 10.1. The van der Waals surface area contributed by atoms with Crippen LogP contribution in [-0.4, -0.2) is 18.8 Å². The third kappa shape index (κ3) is 1.60. The van der Waals surface area contributed by atoms with Crippen LogP contribution in [0.4, 0.5) is 4.39 Å². The van der Waals surface area contributed by atoms with Crippen LogP contribution in [0, 0.1) is 11.7 Å². The van der Waals surface area contributed by atoms with Crippen LogP contribution in [0.3, 0.4) is 0 Å². The lowest BCUT2D eigenvalue weighted by molar-refractivity contribution is 0.273. The zero-order valence-corrected chi connectivity index (χ0v) is 8.03. The first-order valence-corrected chi connectivity index (χ1v) is 4.70. The highest BCUT2D eigenvalue weighted by Gasteiger charge is 2.39. The molecule has 0 bridgehead atoms. The predicted molar refractivity (Wildman–Crippen MR) is 50.9 cm³/mol. The number of ether oxygens (including phenoxy) is 1. The molecule has 1 aromatic rings. The number of methoxy groups -OCH3 is 1. The standard InChI is InChI=1S/C11H13FO2/c1-14-11-3-2-8(12)5-10(11)9-4-7(9)6-13/h2-3,5,7,9,13H,4,6H2,1H3. The van der Waals surface area contributed by atoms with E-state index in [9.17, 15) is 4.39 Å². The molecule has 2 unspecified atom stereocenters. The Hall–Kier alpha value is -1.09. The molecule has 1 aromatic carbocycles. The van der Waals surface area contributed by atoms with Gasteiger partial charge in [-0.2, -0.15) is 0 Å². The molecule has 0 amide bonds. The molecular formula is C11H13FO2. The van der Waals surface area contributed by atoms with Crippen molar-refractivity contribution in [2.24, 2.45) is 5.92 Å². The highest BCUT2D eigenvalue weighted by molar-refractivity contribution is 5.40. The van der Waals surface area contributed by atoms with E-state index in [-0.39, 0.29) is 24.3 Å². The zero-order valence-electron chi connectivity index (χ0n) is 8.03. The quantitative estimate of drug-likeness (QED) is 0.800. The van der Waals surface area contributed by atoms with Crippen molar-refractivity contribution in [1.29, 1.82) is 0 Å². The molecule has 2 nitrogen and oxygen atoms in total. The molecule has 76 valence electrons. The van der Waals surface area contributed by atoms with E-state index in [0.29, 0.717) is 5.75 Å². The number of benzene rings is 1. The molecule has 1 aliphatic rings. The smallest absolute Gasteiger partial charge is 0.123 e. The van der Waals surface area contributed by atoms with Gasteiger partial charge in [0.15, 0.2) is 0 Å². The molecule has 2 atom stereocenters. The number of hydrogen-bond donors (Lipinski definition) is 1. The van der Waals surface area contributed by atoms with Crippen LogP contribution in [0.5, 0.6) is 5.75 Å². The molecule has 0 spiro atoms. The van der Waals surface area contributed by atoms with Crippen molar-refractivity contribution in [3.05, 3.63) is 29.6 Å². The van der Waals surface area contributed by atoms with Gasteiger partial charge in [-0.25, -0.2) is 4.39 Å². The van der Waals surface area contributed by atoms with Crippen LogP contribution in [-0.2, 0) is 0 Å². The summed E-state index contributed by atoms with van der Waals surface area (Å²) in [4.78, 5) is 0. The maximum absolute atomic E-state index is 13.0. The van der Waals surface area contributed by atoms with Crippen molar-refractivity contribution in [2.75, 3.05) is 13.7 Å². The second-order valence-electron chi connectivity index (χ2n) is 3.67. The number of aliphatic hydroxyl groups is 1. The SMILES string of the molecule is COc1ccc(F)cc1C1CC1CO. The van der Waals surface area contributed by atoms with E-state index in [1.54, 1.807) is 13.2 Å². The van der Waals surface area contributed by atoms with Crippen molar-refractivity contribution in [3.63, 3.8) is 0 Å². The summed E-state index contributed by atoms with van der Waals surface area (Å²) < 4.78 is 18.1. The Balaban J connectivity index is 2.27. The van der Waals surface area contributed by atoms with E-state index in [2.05, 4.69) is 0 Å². The molecule has 1 aliphatic carbocycles. The van der Waals surface area contributed by atoms with E-state index < -0.39 is 0 Å². The number of aliphatic hydroxyl groups excluding tert-OH is 1. The Morgan fingerprint density at radius 3 is 2.93 bits per heavy atom. The van der Waals surface area contributed by atoms with Gasteiger partial charge >= 0.3 is 0 Å². The Labute approximate surface area is 82.3 Å². The maximum atomic E-state index is 13.0. The second kappa shape index (κ2) is 3.58. The highest BCUT2D eigenvalue weighted by Crippen LogP contribution is 2.50. The fraction of sp³-hybridized carbons (Fsp3) is 0.455. The van der Waals surface area contributed by atoms with Crippen molar-refractivity contribution < 1.29 is 14.2 Å². The van der Waals surface area contributed by atoms with Crippen LogP contribution in [0.1, 0.15) is 17.9 Å². The van der Waals surface area contributed by atoms with E-state index in [1.807, 2.05) is 0 Å². The minimum atomic E-state index is -0.246. The highest BCUT2D eigenvalue weighted by atomic mass is 19.1. The first kappa shape index (κ1) is 9.46. The Morgan fingerprint density at radius 2 is 2.36 bits per heavy atom. The molecule has 1 N–H and O–H groups in total. The van der Waals surface area contributed by atoms with Gasteiger partial charge in [-0.1, -0.05) is 0 Å². The summed E-state index contributed by atoms with van der Waals surface area (Å²) in [5, 5.41) is 8.94. The van der Waals surface area contributed by atoms with Gasteiger partial charge < -0.3 is 9.84 Å². The van der Waals surface area contributed by atoms with Gasteiger partial charge in [-0.3, -0.25) is 0 Å². The summed E-state index contributed by atoms with van der Waals surface area (Å²) in [6.45, 7) is 0.171. The molecule has 0 heterocycles. The van der Waals surface area contributed by atoms with Crippen LogP contribution in [0.2, 0.25) is 0 Å². The second-order valence-corrected chi connectivity index (χ2v) is 3.67. The predicted octanol–water partition coefficient (Wildman–Crippen LogP) is 1.93. The van der Waals surface area contributed by atoms with E-state index in [0.717, 1.165) is 12.0 Å². The summed E-state index contributed by atoms with van der Waals surface area (Å²) in [5.41, 5.74) is 0.881. The summed E-state index contributed by atoms with van der Waals surface area (Å²) in [6, 6.07) is 4.52. The number of hydrogen-bond acceptors (Lipinski definition) is 2. The van der Waals surface area contributed by atoms with Crippen LogP contribution in [0.15, 0.2) is 18.2 Å². The van der Waals surface area contributed by atoms with Crippen molar-refractivity contribution >= 4 is 0 Å². The minimum absolute atomic E-state index is 0.171. The molecule has 3 heteroatoms. The number of halogens is 1. The third-order valence-electron chi connectivity index (χ3n) is 2.75. The lowest BCUT2D eigenvalue weighted by Gasteiger charge is -2.07. The fourth-order valence-corrected chi connectivity index (χ4v) is 1.83. The van der Waals surface area contributed by atoms with Crippen molar-refractivity contribution in [3.8, 4) is 5.75 Å². The molecule has 0 aliphatic heterocycles. The normalized spacial score (nSPS) is 24.8. The molecule has 1 saturated carbocycles. The molecule has 0 aromatic heterocycles. The molecule has 14 heavy (non-hydrogen) atoms. The van der Waals surface area contributed by atoms with Gasteiger partial charge in [0.1, 0.15) is 11.6 Å². The average Bonchev–Trinajstić information content (AvgIpc) is 2.96. The Morgan fingerprint density at radius 1 is 1.57 bits per heavy atom. The zero-order chi connectivity index (χ0) is 10.1. The average molecular weight is 196 g/mol. The molecule has 1 fully saturated rings. The van der Waals surface area contributed by atoms with Crippen LogP contribution < -0.4 is 4.74 Å². The summed E-state index contributed by atoms with van der Waals surface area (Å²) >= 11 is 0. The molecular weight excluding hydrogens is 183 g/mol. The Kier molecular flexibility index (Phi) is 2.42. The van der Waals surface area contributed by atoms with E-state index >= 15 is 0 Å². The van der Waals surface area contributed by atoms with Crippen molar-refractivity contribution in [1.82, 2.24) is 0 Å². The third-order valence-corrected chi connectivity index (χ3v) is 2.75. The fourth-order valence-electron chi connectivity index (χ4n) is 1.83. The topological polar surface area (TPSA) is 29.5 Å². The van der Waals surface area contributed by atoms with E-state index in [1.165, 1.54) is 12.1 Å². The van der Waals surface area contributed by atoms with E-state index in [4.69, 9.17) is 9.84 Å². The molecule has 2 rings (SSSR count). The maximum Gasteiger partial charge on any atom is 0.123 e. The Bertz CT molecular complexity index is 338. The van der Waals surface area contributed by atoms with Gasteiger partial charge in [0, 0.05) is 12.2 Å². The van der Waals surface area contributed by atoms with Gasteiger partial charge in [-0.05, 0) is 36.5 Å². The first-order chi connectivity index (χ1) is 6.76. The summed E-state index contributed by atoms with van der Waals surface area (Å²) in [6.07, 6.45) is 0.927. The molecule has 0 saturated heterocycles. The largest absolute Gasteiger partial charge is 0.496 e. The molecule has 0 radical (unpaired) electrons. The lowest BCUT2D eigenvalue weighted by Crippen LogP contribution is -1.94. The minimum Gasteiger partial charge on any atom is -0.496 e. The summed E-state index contributed by atoms with van der Waals surface area (Å²) in [5.74, 6) is 1.02. The van der Waals surface area contributed by atoms with Gasteiger partial charge in [0.2, 0.25) is 0 Å². The van der Waals surface area contributed by atoms with Gasteiger partial charge in [0.25, 0.3) is 0 Å². The van der Waals surface area contributed by atoms with Crippen LogP contribution in [0.25, 0.3) is 0 Å². The van der Waals surface area contributed by atoms with Gasteiger partial charge in [0.05, 0.1) is 7.11 Å². The number of rotatable bonds is 3. The monoisotopic (exact) mass is 196 g/mol. The van der Waals surface area contributed by atoms with Crippen molar-refractivity contribution in [2.45, 2.75) is 12.3 Å². The van der Waals surface area contributed by atoms with Crippen LogP contribution >= 0.6 is 0 Å². The van der Waals surface area contributed by atoms with Gasteiger partial charge in [-0.15, -0.1) is 0 Å².